The number of hydrogen-bond acceptors (Lipinski definition) is 6. The van der Waals surface area contributed by atoms with E-state index in [2.05, 4.69) is 4.99 Å². The molecule has 0 saturated heterocycles. The van der Waals surface area contributed by atoms with E-state index in [4.69, 9.17) is 16.3 Å². The van der Waals surface area contributed by atoms with E-state index >= 15 is 0 Å². The van der Waals surface area contributed by atoms with Gasteiger partial charge in [-0.2, -0.15) is 0 Å². The van der Waals surface area contributed by atoms with Gasteiger partial charge in [-0.25, -0.2) is 4.99 Å². The fourth-order valence-corrected chi connectivity index (χ4v) is 4.21. The fourth-order valence-electron chi connectivity index (χ4n) is 2.19. The van der Waals surface area contributed by atoms with Gasteiger partial charge in [0.2, 0.25) is 5.12 Å². The molecule has 1 heterocycles. The second kappa shape index (κ2) is 8.58. The number of benzene rings is 2. The number of carbonyl (C=O) groups is 2. The van der Waals surface area contributed by atoms with E-state index in [1.54, 1.807) is 24.3 Å². The number of hydrogen-bond donors (Lipinski definition) is 0. The highest BCUT2D eigenvalue weighted by atomic mass is 35.5. The second-order valence-electron chi connectivity index (χ2n) is 5.32. The zero-order valence-corrected chi connectivity index (χ0v) is 16.2. The molecule has 0 aromatic heterocycles. The van der Waals surface area contributed by atoms with Crippen molar-refractivity contribution in [1.82, 2.24) is 0 Å². The van der Waals surface area contributed by atoms with Gasteiger partial charge in [0.1, 0.15) is 15.8 Å². The van der Waals surface area contributed by atoms with Crippen LogP contribution in [0.2, 0.25) is 5.02 Å². The number of rotatable bonds is 4. The molecule has 2 aromatic rings. The molecule has 0 saturated carbocycles. The molecular formula is C19H14ClNO3S2. The van der Waals surface area contributed by atoms with Crippen LogP contribution >= 0.6 is 35.1 Å². The van der Waals surface area contributed by atoms with E-state index in [9.17, 15) is 9.59 Å². The number of nitrogens with zero attached hydrogens (tertiary/aromatic N) is 1. The molecule has 0 aliphatic carbocycles. The average Bonchev–Trinajstić information content (AvgIpc) is 2.97. The van der Waals surface area contributed by atoms with Crippen molar-refractivity contribution in [3.05, 3.63) is 70.4 Å². The van der Waals surface area contributed by atoms with Crippen LogP contribution in [-0.2, 0) is 15.3 Å². The van der Waals surface area contributed by atoms with Crippen molar-refractivity contribution in [2.45, 2.75) is 12.7 Å². The molecule has 0 unspecified atom stereocenters. The van der Waals surface area contributed by atoms with Crippen LogP contribution in [-0.4, -0.2) is 15.5 Å². The first-order valence-corrected chi connectivity index (χ1v) is 9.87. The topological polar surface area (TPSA) is 55.7 Å². The van der Waals surface area contributed by atoms with Crippen molar-refractivity contribution in [2.24, 2.45) is 4.99 Å². The predicted molar refractivity (Wildman–Crippen MR) is 109 cm³/mol. The van der Waals surface area contributed by atoms with Gasteiger partial charge in [-0.15, -0.1) is 0 Å². The van der Waals surface area contributed by atoms with Crippen molar-refractivity contribution < 1.29 is 14.3 Å². The number of esters is 1. The van der Waals surface area contributed by atoms with Gasteiger partial charge >= 0.3 is 5.97 Å². The van der Waals surface area contributed by atoms with Crippen LogP contribution in [0.3, 0.4) is 0 Å². The molecule has 0 bridgehead atoms. The summed E-state index contributed by atoms with van der Waals surface area (Å²) in [5.41, 5.74) is 2.07. The summed E-state index contributed by atoms with van der Waals surface area (Å²) in [6.45, 7) is 1.30. The van der Waals surface area contributed by atoms with E-state index in [1.165, 1.54) is 24.2 Å². The third-order valence-corrected chi connectivity index (χ3v) is 5.83. The predicted octanol–water partition coefficient (Wildman–Crippen LogP) is 5.17. The monoisotopic (exact) mass is 403 g/mol. The Labute approximate surface area is 164 Å². The highest BCUT2D eigenvalue weighted by molar-refractivity contribution is 8.45. The van der Waals surface area contributed by atoms with Crippen LogP contribution in [0.5, 0.6) is 5.75 Å². The van der Waals surface area contributed by atoms with Gasteiger partial charge in [0.05, 0.1) is 5.02 Å². The maximum atomic E-state index is 12.2. The van der Waals surface area contributed by atoms with Gasteiger partial charge in [-0.05, 0) is 35.0 Å². The Morgan fingerprint density at radius 3 is 2.73 bits per heavy atom. The van der Waals surface area contributed by atoms with Crippen LogP contribution in [0.1, 0.15) is 18.1 Å². The molecule has 0 atom stereocenters. The van der Waals surface area contributed by atoms with Crippen LogP contribution < -0.4 is 4.74 Å². The normalized spacial score (nSPS) is 15.2. The summed E-state index contributed by atoms with van der Waals surface area (Å²) in [7, 11) is 0. The van der Waals surface area contributed by atoms with Crippen LogP contribution in [0.25, 0.3) is 6.08 Å². The first-order chi connectivity index (χ1) is 12.5. The molecule has 0 radical (unpaired) electrons. The third kappa shape index (κ3) is 4.78. The summed E-state index contributed by atoms with van der Waals surface area (Å²) in [4.78, 5) is 27.7. The summed E-state index contributed by atoms with van der Waals surface area (Å²) >= 11 is 8.89. The molecule has 26 heavy (non-hydrogen) atoms. The molecule has 1 aliphatic rings. The third-order valence-electron chi connectivity index (χ3n) is 3.35. The number of thioether (sulfide) groups is 2. The number of aliphatic imine (C=N–C) groups is 1. The van der Waals surface area contributed by atoms with Gasteiger partial charge < -0.3 is 4.74 Å². The Morgan fingerprint density at radius 2 is 2.00 bits per heavy atom. The zero-order valence-electron chi connectivity index (χ0n) is 13.8. The van der Waals surface area contributed by atoms with Gasteiger partial charge in [0.15, 0.2) is 0 Å². The summed E-state index contributed by atoms with van der Waals surface area (Å²) in [5.74, 6) is 0.548. The fraction of sp³-hybridized carbons (Fsp3) is 0.105. The van der Waals surface area contributed by atoms with E-state index in [1.807, 2.05) is 30.3 Å². The molecule has 4 nitrogen and oxygen atoms in total. The largest absolute Gasteiger partial charge is 0.425 e. The smallest absolute Gasteiger partial charge is 0.308 e. The summed E-state index contributed by atoms with van der Waals surface area (Å²) < 4.78 is 5.76. The van der Waals surface area contributed by atoms with Crippen molar-refractivity contribution in [2.75, 3.05) is 0 Å². The van der Waals surface area contributed by atoms with Gasteiger partial charge in [-0.1, -0.05) is 65.8 Å². The lowest BCUT2D eigenvalue weighted by atomic mass is 10.2. The van der Waals surface area contributed by atoms with Gasteiger partial charge in [-0.3, -0.25) is 9.59 Å². The Hall–Kier alpha value is -2.02. The van der Waals surface area contributed by atoms with E-state index in [-0.39, 0.29) is 15.9 Å². The van der Waals surface area contributed by atoms with Crippen molar-refractivity contribution >= 4 is 56.7 Å². The first kappa shape index (κ1) is 18.8. The highest BCUT2D eigenvalue weighted by Crippen LogP contribution is 2.35. The molecule has 132 valence electrons. The van der Waals surface area contributed by atoms with Crippen LogP contribution in [0, 0.1) is 0 Å². The minimum Gasteiger partial charge on any atom is -0.425 e. The lowest BCUT2D eigenvalue weighted by Crippen LogP contribution is -2.02. The van der Waals surface area contributed by atoms with Gasteiger partial charge in [0.25, 0.3) is 0 Å². The summed E-state index contributed by atoms with van der Waals surface area (Å²) in [6, 6.07) is 15.0. The van der Waals surface area contributed by atoms with Crippen LogP contribution in [0.4, 0.5) is 0 Å². The Balaban J connectivity index is 1.77. The zero-order chi connectivity index (χ0) is 18.5. The van der Waals surface area contributed by atoms with Gasteiger partial charge in [0, 0.05) is 12.7 Å². The summed E-state index contributed by atoms with van der Waals surface area (Å²) in [5, 5.41) is 0.142. The number of carbonyl (C=O) groups excluding carboxylic acids is 2. The first-order valence-electron chi connectivity index (χ1n) is 7.69. The Kier molecular flexibility index (Phi) is 6.19. The minimum atomic E-state index is -0.457. The molecule has 1 aliphatic heterocycles. The standard InChI is InChI=1S/C19H14ClNO3S2/c1-12(22)24-16-9-5-8-14(17(16)20)10-15-18(23)26-19(21-15)25-11-13-6-3-2-4-7-13/h2-10H,11H2,1H3/b15-10-. The van der Waals surface area contributed by atoms with E-state index in [0.717, 1.165) is 17.5 Å². The molecule has 0 fully saturated rings. The van der Waals surface area contributed by atoms with Crippen molar-refractivity contribution in [3.8, 4) is 5.75 Å². The summed E-state index contributed by atoms with van der Waals surface area (Å²) in [6.07, 6.45) is 1.61. The number of halogens is 1. The lowest BCUT2D eigenvalue weighted by molar-refractivity contribution is -0.131. The average molecular weight is 404 g/mol. The Bertz CT molecular complexity index is 910. The quantitative estimate of drug-likeness (QED) is 0.400. The molecule has 7 heteroatoms. The molecular weight excluding hydrogens is 390 g/mol. The lowest BCUT2D eigenvalue weighted by Gasteiger charge is -2.06. The second-order valence-corrected chi connectivity index (χ2v) is 7.89. The molecule has 0 spiro atoms. The molecule has 3 rings (SSSR count). The maximum absolute atomic E-state index is 12.2. The molecule has 0 amide bonds. The number of ether oxygens (including phenoxy) is 1. The molecule has 0 N–H and O–H groups in total. The minimum absolute atomic E-state index is 0.130. The molecule has 2 aromatic carbocycles. The highest BCUT2D eigenvalue weighted by Gasteiger charge is 2.23. The van der Waals surface area contributed by atoms with Crippen molar-refractivity contribution in [3.63, 3.8) is 0 Å². The van der Waals surface area contributed by atoms with Crippen molar-refractivity contribution in [1.29, 1.82) is 0 Å². The maximum Gasteiger partial charge on any atom is 0.308 e. The Morgan fingerprint density at radius 1 is 1.23 bits per heavy atom. The SMILES string of the molecule is CC(=O)Oc1cccc(/C=C2\N=C(SCc3ccccc3)SC2=O)c1Cl. The van der Waals surface area contributed by atoms with Crippen LogP contribution in [0.15, 0.2) is 59.2 Å². The van der Waals surface area contributed by atoms with E-state index < -0.39 is 5.97 Å². The van der Waals surface area contributed by atoms with E-state index in [0.29, 0.717) is 15.6 Å².